The minimum absolute atomic E-state index is 0.265. The molecule has 0 aliphatic heterocycles. The molecule has 2 aromatic carbocycles. The van der Waals surface area contributed by atoms with Gasteiger partial charge in [0.15, 0.2) is 0 Å². The van der Waals surface area contributed by atoms with Crippen LogP contribution in [0, 0.1) is 5.82 Å². The molecule has 0 amide bonds. The molecule has 2 aromatic rings. The highest BCUT2D eigenvalue weighted by molar-refractivity contribution is 9.13. The van der Waals surface area contributed by atoms with Gasteiger partial charge in [-0.25, -0.2) is 4.39 Å². The van der Waals surface area contributed by atoms with Gasteiger partial charge in [-0.2, -0.15) is 0 Å². The van der Waals surface area contributed by atoms with Crippen molar-refractivity contribution in [2.24, 2.45) is 0 Å². The van der Waals surface area contributed by atoms with Crippen LogP contribution in [-0.2, 0) is 6.42 Å². The number of aliphatic hydroxyl groups excluding tert-OH is 1. The van der Waals surface area contributed by atoms with Crippen LogP contribution in [0.5, 0.6) is 0 Å². The maximum absolute atomic E-state index is 13.5. The Morgan fingerprint density at radius 2 is 1.78 bits per heavy atom. The van der Waals surface area contributed by atoms with Crippen LogP contribution in [0.15, 0.2) is 51.4 Å². The lowest BCUT2D eigenvalue weighted by Gasteiger charge is -2.12. The van der Waals surface area contributed by atoms with E-state index >= 15 is 0 Å². The summed E-state index contributed by atoms with van der Waals surface area (Å²) >= 11 is 6.75. The molecule has 1 nitrogen and oxygen atoms in total. The summed E-state index contributed by atoms with van der Waals surface area (Å²) in [6.07, 6.45) is -0.452. The molecule has 0 fully saturated rings. The van der Waals surface area contributed by atoms with Crippen LogP contribution in [0.25, 0.3) is 0 Å². The zero-order chi connectivity index (χ0) is 13.1. The molecule has 0 aliphatic rings. The van der Waals surface area contributed by atoms with Crippen molar-refractivity contribution in [3.63, 3.8) is 0 Å². The molecule has 1 N–H and O–H groups in total. The van der Waals surface area contributed by atoms with Gasteiger partial charge in [0.1, 0.15) is 5.82 Å². The van der Waals surface area contributed by atoms with Crippen molar-refractivity contribution < 1.29 is 9.50 Å². The minimum Gasteiger partial charge on any atom is -0.388 e. The molecule has 0 heterocycles. The summed E-state index contributed by atoms with van der Waals surface area (Å²) in [7, 11) is 0. The summed E-state index contributed by atoms with van der Waals surface area (Å²) in [4.78, 5) is 0. The van der Waals surface area contributed by atoms with Crippen molar-refractivity contribution >= 4 is 31.9 Å². The predicted octanol–water partition coefficient (Wildman–Crippen LogP) is 4.63. The molecule has 1 atom stereocenters. The quantitative estimate of drug-likeness (QED) is 0.831. The van der Waals surface area contributed by atoms with Crippen molar-refractivity contribution in [1.82, 2.24) is 0 Å². The first kappa shape index (κ1) is 13.7. The van der Waals surface area contributed by atoms with Crippen molar-refractivity contribution in [1.29, 1.82) is 0 Å². The standard InChI is InChI=1S/C14H11Br2FO/c15-11-6-5-10(7-12(11)16)14(18)8-9-3-1-2-4-13(9)17/h1-7,14,18H,8H2. The highest BCUT2D eigenvalue weighted by atomic mass is 79.9. The molecular weight excluding hydrogens is 363 g/mol. The third-order valence-electron chi connectivity index (χ3n) is 2.70. The van der Waals surface area contributed by atoms with Gasteiger partial charge in [0.05, 0.1) is 6.10 Å². The van der Waals surface area contributed by atoms with Crippen LogP contribution in [0.1, 0.15) is 17.2 Å². The molecule has 0 aliphatic carbocycles. The Kier molecular flexibility index (Phi) is 4.54. The molecule has 1 unspecified atom stereocenters. The second-order valence-corrected chi connectivity index (χ2v) is 5.69. The second kappa shape index (κ2) is 5.95. The molecule has 0 radical (unpaired) electrons. The highest BCUT2D eigenvalue weighted by Gasteiger charge is 2.12. The highest BCUT2D eigenvalue weighted by Crippen LogP contribution is 2.28. The van der Waals surface area contributed by atoms with Crippen LogP contribution in [0.2, 0.25) is 0 Å². The molecule has 0 bridgehead atoms. The summed E-state index contributed by atoms with van der Waals surface area (Å²) in [6, 6.07) is 12.0. The van der Waals surface area contributed by atoms with E-state index in [4.69, 9.17) is 0 Å². The molecule has 0 saturated heterocycles. The zero-order valence-corrected chi connectivity index (χ0v) is 12.6. The number of benzene rings is 2. The average Bonchev–Trinajstić information content (AvgIpc) is 2.35. The van der Waals surface area contributed by atoms with Crippen LogP contribution < -0.4 is 0 Å². The summed E-state index contributed by atoms with van der Waals surface area (Å²) in [5.74, 6) is -0.285. The van der Waals surface area contributed by atoms with Gasteiger partial charge in [0.2, 0.25) is 0 Å². The monoisotopic (exact) mass is 372 g/mol. The SMILES string of the molecule is OC(Cc1ccccc1F)c1ccc(Br)c(Br)c1. The fourth-order valence-corrected chi connectivity index (χ4v) is 2.35. The van der Waals surface area contributed by atoms with Crippen LogP contribution in [0.4, 0.5) is 4.39 Å². The first-order valence-electron chi connectivity index (χ1n) is 5.44. The van der Waals surface area contributed by atoms with Crippen molar-refractivity contribution in [3.05, 3.63) is 68.4 Å². The summed E-state index contributed by atoms with van der Waals surface area (Å²) in [5, 5.41) is 10.1. The molecule has 94 valence electrons. The molecule has 4 heteroatoms. The Hall–Kier alpha value is -0.710. The average molecular weight is 374 g/mol. The fourth-order valence-electron chi connectivity index (χ4n) is 1.71. The Morgan fingerprint density at radius 1 is 1.06 bits per heavy atom. The smallest absolute Gasteiger partial charge is 0.126 e. The molecule has 0 saturated carbocycles. The molecular formula is C14H11Br2FO. The first-order valence-corrected chi connectivity index (χ1v) is 7.03. The number of hydrogen-bond acceptors (Lipinski definition) is 1. The Labute approximate surface area is 122 Å². The lowest BCUT2D eigenvalue weighted by atomic mass is 10.0. The second-order valence-electron chi connectivity index (χ2n) is 3.98. The van der Waals surface area contributed by atoms with Crippen molar-refractivity contribution in [3.8, 4) is 0 Å². The Bertz CT molecular complexity index is 557. The lowest BCUT2D eigenvalue weighted by Crippen LogP contribution is -2.03. The van der Waals surface area contributed by atoms with Gasteiger partial charge in [-0.3, -0.25) is 0 Å². The summed E-state index contributed by atoms with van der Waals surface area (Å²) in [6.45, 7) is 0. The van der Waals surface area contributed by atoms with Gasteiger partial charge in [0, 0.05) is 15.4 Å². The molecule has 0 aromatic heterocycles. The van der Waals surface area contributed by atoms with E-state index in [-0.39, 0.29) is 12.2 Å². The number of halogens is 3. The van der Waals surface area contributed by atoms with E-state index in [1.807, 2.05) is 18.2 Å². The van der Waals surface area contributed by atoms with Crippen molar-refractivity contribution in [2.75, 3.05) is 0 Å². The van der Waals surface area contributed by atoms with E-state index in [2.05, 4.69) is 31.9 Å². The van der Waals surface area contributed by atoms with Gasteiger partial charge in [-0.05, 0) is 61.2 Å². The Morgan fingerprint density at radius 3 is 2.44 bits per heavy atom. The normalized spacial score (nSPS) is 12.4. The summed E-state index contributed by atoms with van der Waals surface area (Å²) in [5.41, 5.74) is 1.28. The Balaban J connectivity index is 2.19. The lowest BCUT2D eigenvalue weighted by molar-refractivity contribution is 0.177. The number of rotatable bonds is 3. The van der Waals surface area contributed by atoms with Gasteiger partial charge in [0.25, 0.3) is 0 Å². The van der Waals surface area contributed by atoms with Crippen LogP contribution in [0.3, 0.4) is 0 Å². The van der Waals surface area contributed by atoms with E-state index in [0.29, 0.717) is 5.56 Å². The third-order valence-corrected chi connectivity index (χ3v) is 4.58. The number of aliphatic hydroxyl groups is 1. The third kappa shape index (κ3) is 3.19. The summed E-state index contributed by atoms with van der Waals surface area (Å²) < 4.78 is 15.3. The van der Waals surface area contributed by atoms with Gasteiger partial charge in [-0.15, -0.1) is 0 Å². The molecule has 0 spiro atoms. The van der Waals surface area contributed by atoms with E-state index < -0.39 is 6.10 Å². The van der Waals surface area contributed by atoms with Crippen molar-refractivity contribution in [2.45, 2.75) is 12.5 Å². The number of hydrogen-bond donors (Lipinski definition) is 1. The van der Waals surface area contributed by atoms with E-state index in [1.54, 1.807) is 18.2 Å². The van der Waals surface area contributed by atoms with E-state index in [9.17, 15) is 9.50 Å². The largest absolute Gasteiger partial charge is 0.388 e. The molecule has 18 heavy (non-hydrogen) atoms. The van der Waals surface area contributed by atoms with Gasteiger partial charge < -0.3 is 5.11 Å². The maximum atomic E-state index is 13.5. The van der Waals surface area contributed by atoms with Gasteiger partial charge >= 0.3 is 0 Å². The van der Waals surface area contributed by atoms with Crippen LogP contribution >= 0.6 is 31.9 Å². The van der Waals surface area contributed by atoms with Gasteiger partial charge in [-0.1, -0.05) is 24.3 Å². The molecule has 2 rings (SSSR count). The van der Waals surface area contributed by atoms with E-state index in [0.717, 1.165) is 14.5 Å². The first-order chi connectivity index (χ1) is 8.58. The minimum atomic E-state index is -0.716. The maximum Gasteiger partial charge on any atom is 0.126 e. The topological polar surface area (TPSA) is 20.2 Å². The van der Waals surface area contributed by atoms with E-state index in [1.165, 1.54) is 6.07 Å². The predicted molar refractivity (Wildman–Crippen MR) is 76.9 cm³/mol. The van der Waals surface area contributed by atoms with Crippen LogP contribution in [-0.4, -0.2) is 5.11 Å². The fraction of sp³-hybridized carbons (Fsp3) is 0.143. The zero-order valence-electron chi connectivity index (χ0n) is 9.41.